The van der Waals surface area contributed by atoms with E-state index in [1.165, 1.54) is 6.92 Å². The van der Waals surface area contributed by atoms with Crippen LogP contribution in [0, 0.1) is 0 Å². The molecule has 0 saturated heterocycles. The monoisotopic (exact) mass is 264 g/mol. The zero-order valence-electron chi connectivity index (χ0n) is 11.3. The van der Waals surface area contributed by atoms with Gasteiger partial charge in [0.25, 0.3) is 0 Å². The minimum atomic E-state index is -0.805. The number of carbonyl (C=O) groups is 2. The topological polar surface area (TPSA) is 78.4 Å². The van der Waals surface area contributed by atoms with Gasteiger partial charge in [0.2, 0.25) is 5.91 Å². The van der Waals surface area contributed by atoms with Crippen LogP contribution in [0.2, 0.25) is 0 Å². The first-order valence-electron chi connectivity index (χ1n) is 6.33. The van der Waals surface area contributed by atoms with Crippen molar-refractivity contribution >= 4 is 17.6 Å². The van der Waals surface area contributed by atoms with E-state index in [2.05, 4.69) is 10.6 Å². The van der Waals surface area contributed by atoms with Crippen LogP contribution < -0.4 is 10.6 Å². The third-order valence-corrected chi connectivity index (χ3v) is 2.67. The molecule has 5 heteroatoms. The summed E-state index contributed by atoms with van der Waals surface area (Å²) in [7, 11) is 0. The van der Waals surface area contributed by atoms with E-state index in [1.807, 2.05) is 31.2 Å². The maximum atomic E-state index is 10.9. The van der Waals surface area contributed by atoms with Crippen molar-refractivity contribution in [2.75, 3.05) is 11.9 Å². The minimum absolute atomic E-state index is 0.0749. The van der Waals surface area contributed by atoms with Crippen LogP contribution in [-0.2, 0) is 16.0 Å². The van der Waals surface area contributed by atoms with E-state index in [9.17, 15) is 9.59 Å². The van der Waals surface area contributed by atoms with Crippen molar-refractivity contribution in [3.8, 4) is 0 Å². The first-order chi connectivity index (χ1) is 9.01. The van der Waals surface area contributed by atoms with Crippen molar-refractivity contribution in [2.45, 2.75) is 32.7 Å². The highest BCUT2D eigenvalue weighted by Gasteiger charge is 2.12. The van der Waals surface area contributed by atoms with Crippen LogP contribution >= 0.6 is 0 Å². The molecule has 0 radical (unpaired) electrons. The number of aliphatic carboxylic acids is 1. The lowest BCUT2D eigenvalue weighted by Crippen LogP contribution is -2.33. The van der Waals surface area contributed by atoms with Gasteiger partial charge in [-0.25, -0.2) is 0 Å². The fraction of sp³-hybridized carbons (Fsp3) is 0.429. The Bertz CT molecular complexity index is 429. The van der Waals surface area contributed by atoms with Crippen molar-refractivity contribution in [3.05, 3.63) is 29.8 Å². The highest BCUT2D eigenvalue weighted by Crippen LogP contribution is 2.12. The van der Waals surface area contributed by atoms with Crippen LogP contribution in [0.25, 0.3) is 0 Å². The summed E-state index contributed by atoms with van der Waals surface area (Å²) in [5, 5.41) is 14.7. The van der Waals surface area contributed by atoms with Gasteiger partial charge in [0.1, 0.15) is 0 Å². The quantitative estimate of drug-likeness (QED) is 0.699. The largest absolute Gasteiger partial charge is 0.481 e. The maximum Gasteiger partial charge on any atom is 0.304 e. The number of hydrogen-bond acceptors (Lipinski definition) is 3. The molecule has 5 nitrogen and oxygen atoms in total. The van der Waals surface area contributed by atoms with Crippen LogP contribution in [0.5, 0.6) is 0 Å². The fourth-order valence-electron chi connectivity index (χ4n) is 1.93. The van der Waals surface area contributed by atoms with Gasteiger partial charge in [-0.3, -0.25) is 9.59 Å². The Hall–Kier alpha value is -1.88. The van der Waals surface area contributed by atoms with E-state index in [0.717, 1.165) is 17.8 Å². The first-order valence-corrected chi connectivity index (χ1v) is 6.33. The Morgan fingerprint density at radius 2 is 1.89 bits per heavy atom. The zero-order chi connectivity index (χ0) is 14.3. The van der Waals surface area contributed by atoms with Crippen LogP contribution in [0.3, 0.4) is 0 Å². The summed E-state index contributed by atoms with van der Waals surface area (Å²) in [6, 6.07) is 7.37. The summed E-state index contributed by atoms with van der Waals surface area (Å²) in [5.41, 5.74) is 1.79. The van der Waals surface area contributed by atoms with Crippen LogP contribution in [0.15, 0.2) is 24.3 Å². The van der Waals surface area contributed by atoms with E-state index in [0.29, 0.717) is 6.42 Å². The number of amides is 1. The van der Waals surface area contributed by atoms with Crippen LogP contribution in [0.4, 0.5) is 5.69 Å². The van der Waals surface area contributed by atoms with Crippen molar-refractivity contribution in [1.82, 2.24) is 5.32 Å². The molecule has 19 heavy (non-hydrogen) atoms. The molecule has 1 unspecified atom stereocenters. The molecule has 0 saturated carbocycles. The minimum Gasteiger partial charge on any atom is -0.481 e. The van der Waals surface area contributed by atoms with E-state index < -0.39 is 5.97 Å². The second-order valence-electron chi connectivity index (χ2n) is 4.43. The number of anilines is 1. The van der Waals surface area contributed by atoms with Crippen molar-refractivity contribution < 1.29 is 14.7 Å². The number of rotatable bonds is 7. The lowest BCUT2D eigenvalue weighted by Gasteiger charge is -2.16. The smallest absolute Gasteiger partial charge is 0.304 e. The van der Waals surface area contributed by atoms with E-state index in [4.69, 9.17) is 5.11 Å². The molecule has 0 heterocycles. The predicted molar refractivity (Wildman–Crippen MR) is 74.2 cm³/mol. The molecule has 3 N–H and O–H groups in total. The fourth-order valence-corrected chi connectivity index (χ4v) is 1.93. The summed E-state index contributed by atoms with van der Waals surface area (Å²) in [4.78, 5) is 21.7. The molecule has 0 bridgehead atoms. The molecule has 0 aliphatic rings. The molecule has 104 valence electrons. The van der Waals surface area contributed by atoms with Crippen LogP contribution in [0.1, 0.15) is 25.8 Å². The highest BCUT2D eigenvalue weighted by molar-refractivity contribution is 5.88. The molecule has 1 aromatic rings. The molecular weight excluding hydrogens is 244 g/mol. The molecule has 1 rings (SSSR count). The van der Waals surface area contributed by atoms with Gasteiger partial charge in [-0.1, -0.05) is 19.1 Å². The number of carboxylic acid groups (broad SMARTS) is 1. The number of carbonyl (C=O) groups excluding carboxylic acids is 1. The summed E-state index contributed by atoms with van der Waals surface area (Å²) in [5.74, 6) is -0.912. The van der Waals surface area contributed by atoms with Crippen LogP contribution in [-0.4, -0.2) is 29.6 Å². The van der Waals surface area contributed by atoms with Crippen molar-refractivity contribution in [1.29, 1.82) is 0 Å². The summed E-state index contributed by atoms with van der Waals surface area (Å²) in [6.45, 7) is 4.15. The number of hydrogen-bond donors (Lipinski definition) is 3. The highest BCUT2D eigenvalue weighted by atomic mass is 16.4. The standard InChI is InChI=1S/C14H20N2O3/c1-3-15-13(9-14(18)19)8-11-4-6-12(7-5-11)16-10(2)17/h4-7,13,15H,3,8-9H2,1-2H3,(H,16,17)(H,18,19). The molecule has 0 fully saturated rings. The van der Waals surface area contributed by atoms with Crippen molar-refractivity contribution in [2.24, 2.45) is 0 Å². The van der Waals surface area contributed by atoms with Gasteiger partial charge in [0.05, 0.1) is 6.42 Å². The number of likely N-dealkylation sites (N-methyl/N-ethyl adjacent to an activating group) is 1. The van der Waals surface area contributed by atoms with E-state index in [1.54, 1.807) is 0 Å². The normalized spacial score (nSPS) is 11.9. The summed E-state index contributed by atoms with van der Waals surface area (Å²) < 4.78 is 0. The van der Waals surface area contributed by atoms with Crippen molar-refractivity contribution in [3.63, 3.8) is 0 Å². The summed E-state index contributed by atoms with van der Waals surface area (Å²) >= 11 is 0. The molecule has 0 aromatic heterocycles. The van der Waals surface area contributed by atoms with E-state index >= 15 is 0 Å². The molecule has 0 spiro atoms. The zero-order valence-corrected chi connectivity index (χ0v) is 11.3. The third kappa shape index (κ3) is 6.01. The van der Waals surface area contributed by atoms with Gasteiger partial charge in [-0.15, -0.1) is 0 Å². The van der Waals surface area contributed by atoms with Gasteiger partial charge in [0.15, 0.2) is 0 Å². The summed E-state index contributed by atoms with van der Waals surface area (Å²) in [6.07, 6.45) is 0.752. The second-order valence-corrected chi connectivity index (χ2v) is 4.43. The SMILES string of the molecule is CCNC(CC(=O)O)Cc1ccc(NC(C)=O)cc1. The Kier molecular flexibility index (Phi) is 6.02. The van der Waals surface area contributed by atoms with Gasteiger partial charge in [-0.05, 0) is 30.7 Å². The Morgan fingerprint density at radius 1 is 1.26 bits per heavy atom. The molecular formula is C14H20N2O3. The molecule has 0 aliphatic heterocycles. The number of benzene rings is 1. The van der Waals surface area contributed by atoms with Gasteiger partial charge in [0, 0.05) is 18.7 Å². The molecule has 1 amide bonds. The third-order valence-electron chi connectivity index (χ3n) is 2.67. The average molecular weight is 264 g/mol. The number of carboxylic acids is 1. The van der Waals surface area contributed by atoms with E-state index in [-0.39, 0.29) is 18.4 Å². The maximum absolute atomic E-state index is 10.9. The van der Waals surface area contributed by atoms with Gasteiger partial charge >= 0.3 is 5.97 Å². The molecule has 0 aliphatic carbocycles. The average Bonchev–Trinajstić information content (AvgIpc) is 2.30. The first kappa shape index (κ1) is 15.2. The lowest BCUT2D eigenvalue weighted by atomic mass is 10.0. The Morgan fingerprint density at radius 3 is 2.37 bits per heavy atom. The Labute approximate surface area is 113 Å². The lowest BCUT2D eigenvalue weighted by molar-refractivity contribution is -0.137. The second kappa shape index (κ2) is 7.53. The Balaban J connectivity index is 2.63. The van der Waals surface area contributed by atoms with Gasteiger partial charge in [-0.2, -0.15) is 0 Å². The predicted octanol–water partition coefficient (Wildman–Crippen LogP) is 1.64. The number of nitrogens with one attached hydrogen (secondary N) is 2. The molecule has 1 atom stereocenters. The molecule has 1 aromatic carbocycles. The van der Waals surface area contributed by atoms with Gasteiger partial charge < -0.3 is 15.7 Å².